The minimum Gasteiger partial charge on any atom is -0.379 e. The van der Waals surface area contributed by atoms with Crippen LogP contribution in [0.5, 0.6) is 0 Å². The van der Waals surface area contributed by atoms with Gasteiger partial charge in [-0.3, -0.25) is 9.59 Å². The Labute approximate surface area is 155 Å². The van der Waals surface area contributed by atoms with Gasteiger partial charge in [0.25, 0.3) is 0 Å². The monoisotopic (exact) mass is 353 g/mol. The number of ketones is 1. The van der Waals surface area contributed by atoms with E-state index in [1.807, 2.05) is 68.4 Å². The molecule has 0 bridgehead atoms. The average Bonchev–Trinajstić information content (AvgIpc) is 2.66. The van der Waals surface area contributed by atoms with Gasteiger partial charge in [0.15, 0.2) is 5.78 Å². The lowest BCUT2D eigenvalue weighted by Gasteiger charge is -2.08. The first kappa shape index (κ1) is 19.9. The molecular weight excluding hydrogens is 326 g/mol. The van der Waals surface area contributed by atoms with Crippen LogP contribution in [0.15, 0.2) is 54.6 Å². The third kappa shape index (κ3) is 6.81. The molecule has 0 fully saturated rings. The van der Waals surface area contributed by atoms with Gasteiger partial charge >= 0.3 is 0 Å². The zero-order valence-electron chi connectivity index (χ0n) is 15.5. The van der Waals surface area contributed by atoms with Crippen molar-refractivity contribution in [1.82, 2.24) is 5.32 Å². The Bertz CT molecular complexity index is 693. The van der Waals surface area contributed by atoms with E-state index in [9.17, 15) is 9.59 Å². The number of amides is 1. The van der Waals surface area contributed by atoms with E-state index in [0.29, 0.717) is 18.7 Å². The Balaban J connectivity index is 1.73. The van der Waals surface area contributed by atoms with Gasteiger partial charge in [-0.15, -0.1) is 0 Å². The Kier molecular flexibility index (Phi) is 8.03. The fourth-order valence-electron chi connectivity index (χ4n) is 2.56. The molecular formula is C22H27NO3. The predicted octanol–water partition coefficient (Wildman–Crippen LogP) is 4.25. The number of rotatable bonds is 10. The van der Waals surface area contributed by atoms with Crippen molar-refractivity contribution < 1.29 is 14.3 Å². The fraction of sp³-hybridized carbons (Fsp3) is 0.364. The molecule has 0 radical (unpaired) electrons. The van der Waals surface area contributed by atoms with E-state index < -0.39 is 0 Å². The lowest BCUT2D eigenvalue weighted by Crippen LogP contribution is -2.25. The van der Waals surface area contributed by atoms with Crippen LogP contribution in [0.25, 0.3) is 11.1 Å². The van der Waals surface area contributed by atoms with Gasteiger partial charge < -0.3 is 10.1 Å². The van der Waals surface area contributed by atoms with Gasteiger partial charge in [-0.1, -0.05) is 54.6 Å². The third-order valence-corrected chi connectivity index (χ3v) is 3.99. The number of hydrogen-bond donors (Lipinski definition) is 1. The molecule has 0 saturated carbocycles. The van der Waals surface area contributed by atoms with E-state index in [-0.39, 0.29) is 30.6 Å². The molecule has 2 rings (SSSR count). The molecule has 0 aliphatic heterocycles. The number of nitrogens with one attached hydrogen (secondary N) is 1. The van der Waals surface area contributed by atoms with Gasteiger partial charge in [0.2, 0.25) is 5.91 Å². The van der Waals surface area contributed by atoms with Crippen LogP contribution in [-0.2, 0) is 9.53 Å². The van der Waals surface area contributed by atoms with Crippen LogP contribution in [-0.4, -0.2) is 30.9 Å². The normalized spacial score (nSPS) is 10.7. The number of ether oxygens (including phenoxy) is 1. The highest BCUT2D eigenvalue weighted by Gasteiger charge is 2.09. The van der Waals surface area contributed by atoms with Crippen LogP contribution >= 0.6 is 0 Å². The van der Waals surface area contributed by atoms with Crippen molar-refractivity contribution in [2.24, 2.45) is 0 Å². The van der Waals surface area contributed by atoms with E-state index in [4.69, 9.17) is 4.74 Å². The summed E-state index contributed by atoms with van der Waals surface area (Å²) in [6, 6.07) is 17.6. The molecule has 4 heteroatoms. The van der Waals surface area contributed by atoms with Crippen LogP contribution in [0, 0.1) is 0 Å². The van der Waals surface area contributed by atoms with E-state index in [2.05, 4.69) is 5.32 Å². The fourth-order valence-corrected chi connectivity index (χ4v) is 2.56. The molecule has 26 heavy (non-hydrogen) atoms. The Hall–Kier alpha value is -2.46. The van der Waals surface area contributed by atoms with E-state index in [0.717, 1.165) is 17.5 Å². The molecule has 0 unspecified atom stereocenters. The average molecular weight is 353 g/mol. The zero-order valence-corrected chi connectivity index (χ0v) is 15.5. The highest BCUT2D eigenvalue weighted by Crippen LogP contribution is 2.19. The van der Waals surface area contributed by atoms with Gasteiger partial charge in [-0.05, 0) is 31.4 Å². The number of carbonyl (C=O) groups is 2. The summed E-state index contributed by atoms with van der Waals surface area (Å²) in [7, 11) is 0. The molecule has 138 valence electrons. The summed E-state index contributed by atoms with van der Waals surface area (Å²) >= 11 is 0. The van der Waals surface area contributed by atoms with Crippen LogP contribution in [0.2, 0.25) is 0 Å². The minimum atomic E-state index is -0.0937. The van der Waals surface area contributed by atoms with Crippen molar-refractivity contribution in [1.29, 1.82) is 0 Å². The zero-order chi connectivity index (χ0) is 18.8. The Morgan fingerprint density at radius 2 is 1.58 bits per heavy atom. The number of benzene rings is 2. The highest BCUT2D eigenvalue weighted by atomic mass is 16.5. The molecule has 0 saturated heterocycles. The smallest absolute Gasteiger partial charge is 0.220 e. The first-order chi connectivity index (χ1) is 12.6. The first-order valence-electron chi connectivity index (χ1n) is 9.13. The van der Waals surface area contributed by atoms with Gasteiger partial charge in [-0.25, -0.2) is 0 Å². The summed E-state index contributed by atoms with van der Waals surface area (Å²) in [5.41, 5.74) is 2.83. The molecule has 4 nitrogen and oxygen atoms in total. The van der Waals surface area contributed by atoms with Crippen LogP contribution < -0.4 is 5.32 Å². The van der Waals surface area contributed by atoms with Crippen LogP contribution in [0.4, 0.5) is 0 Å². The second-order valence-electron chi connectivity index (χ2n) is 6.49. The molecule has 0 heterocycles. The molecule has 0 aliphatic rings. The SMILES string of the molecule is CC(C)OCCCNC(=O)CCC(=O)c1ccc(-c2ccccc2)cc1. The maximum absolute atomic E-state index is 12.2. The second kappa shape index (κ2) is 10.5. The van der Waals surface area contributed by atoms with Crippen molar-refractivity contribution in [2.75, 3.05) is 13.2 Å². The molecule has 0 aromatic heterocycles. The van der Waals surface area contributed by atoms with E-state index >= 15 is 0 Å². The summed E-state index contributed by atoms with van der Waals surface area (Å²) in [5.74, 6) is -0.105. The van der Waals surface area contributed by atoms with Crippen molar-refractivity contribution in [3.8, 4) is 11.1 Å². The minimum absolute atomic E-state index is 0.0112. The molecule has 2 aromatic carbocycles. The predicted molar refractivity (Wildman–Crippen MR) is 104 cm³/mol. The summed E-state index contributed by atoms with van der Waals surface area (Å²) in [6.07, 6.45) is 1.42. The molecule has 1 amide bonds. The van der Waals surface area contributed by atoms with Gasteiger partial charge in [0.05, 0.1) is 6.10 Å². The third-order valence-electron chi connectivity index (χ3n) is 3.99. The quantitative estimate of drug-likeness (QED) is 0.513. The van der Waals surface area contributed by atoms with E-state index in [1.165, 1.54) is 0 Å². The van der Waals surface area contributed by atoms with Crippen molar-refractivity contribution in [3.63, 3.8) is 0 Å². The summed E-state index contributed by atoms with van der Waals surface area (Å²) in [4.78, 5) is 24.1. The second-order valence-corrected chi connectivity index (χ2v) is 6.49. The lowest BCUT2D eigenvalue weighted by atomic mass is 10.0. The van der Waals surface area contributed by atoms with Crippen LogP contribution in [0.3, 0.4) is 0 Å². The van der Waals surface area contributed by atoms with Crippen LogP contribution in [0.1, 0.15) is 43.5 Å². The number of Topliss-reactive ketones (excluding diaryl/α,β-unsaturated/α-hetero) is 1. The van der Waals surface area contributed by atoms with Crippen molar-refractivity contribution >= 4 is 11.7 Å². The number of carbonyl (C=O) groups excluding carboxylic acids is 2. The Morgan fingerprint density at radius 1 is 0.923 bits per heavy atom. The van der Waals surface area contributed by atoms with Gasteiger partial charge in [-0.2, -0.15) is 0 Å². The topological polar surface area (TPSA) is 55.4 Å². The largest absolute Gasteiger partial charge is 0.379 e. The highest BCUT2D eigenvalue weighted by molar-refractivity contribution is 5.98. The maximum atomic E-state index is 12.2. The standard InChI is InChI=1S/C22H27NO3/c1-17(2)26-16-6-15-23-22(25)14-13-21(24)20-11-9-19(10-12-20)18-7-4-3-5-8-18/h3-5,7-12,17H,6,13-16H2,1-2H3,(H,23,25). The molecule has 0 spiro atoms. The molecule has 2 aromatic rings. The first-order valence-corrected chi connectivity index (χ1v) is 9.13. The van der Waals surface area contributed by atoms with Gasteiger partial charge in [0.1, 0.15) is 0 Å². The summed E-state index contributed by atoms with van der Waals surface area (Å²) in [5, 5.41) is 2.82. The van der Waals surface area contributed by atoms with Crippen molar-refractivity contribution in [2.45, 2.75) is 39.2 Å². The molecule has 1 N–H and O–H groups in total. The molecule has 0 aliphatic carbocycles. The molecule has 0 atom stereocenters. The summed E-state index contributed by atoms with van der Waals surface area (Å²) < 4.78 is 5.42. The van der Waals surface area contributed by atoms with Gasteiger partial charge in [0, 0.05) is 31.6 Å². The Morgan fingerprint density at radius 3 is 2.23 bits per heavy atom. The van der Waals surface area contributed by atoms with Crippen molar-refractivity contribution in [3.05, 3.63) is 60.2 Å². The summed E-state index contributed by atoms with van der Waals surface area (Å²) in [6.45, 7) is 5.17. The van der Waals surface area contributed by atoms with E-state index in [1.54, 1.807) is 0 Å². The number of hydrogen-bond acceptors (Lipinski definition) is 3. The lowest BCUT2D eigenvalue weighted by molar-refractivity contribution is -0.121. The maximum Gasteiger partial charge on any atom is 0.220 e.